The summed E-state index contributed by atoms with van der Waals surface area (Å²) in [6.07, 6.45) is 0.613. The summed E-state index contributed by atoms with van der Waals surface area (Å²) in [6.45, 7) is 2.23. The molecule has 0 aliphatic carbocycles. The van der Waals surface area contributed by atoms with Crippen molar-refractivity contribution >= 4 is 16.8 Å². The van der Waals surface area contributed by atoms with Gasteiger partial charge in [0.05, 0.1) is 16.6 Å². The molecular weight excluding hydrogens is 381 g/mol. The topological polar surface area (TPSA) is 64.0 Å². The molecule has 1 amide bonds. The van der Waals surface area contributed by atoms with Crippen LogP contribution in [0.25, 0.3) is 16.6 Å². The highest BCUT2D eigenvalue weighted by Crippen LogP contribution is 2.13. The van der Waals surface area contributed by atoms with Crippen LogP contribution in [0.1, 0.15) is 21.7 Å². The van der Waals surface area contributed by atoms with E-state index in [0.29, 0.717) is 40.9 Å². The largest absolute Gasteiger partial charge is 0.352 e. The van der Waals surface area contributed by atoms with Gasteiger partial charge >= 0.3 is 0 Å². The van der Waals surface area contributed by atoms with Crippen LogP contribution in [0, 0.1) is 12.7 Å². The molecule has 0 saturated carbocycles. The van der Waals surface area contributed by atoms with Crippen LogP contribution in [0.4, 0.5) is 4.39 Å². The van der Waals surface area contributed by atoms with Crippen molar-refractivity contribution < 1.29 is 9.18 Å². The van der Waals surface area contributed by atoms with E-state index in [4.69, 9.17) is 0 Å². The van der Waals surface area contributed by atoms with E-state index in [1.807, 2.05) is 18.2 Å². The van der Waals surface area contributed by atoms with E-state index in [1.54, 1.807) is 54.0 Å². The number of nitrogens with one attached hydrogen (secondary N) is 1. The number of para-hydroxylation sites is 1. The van der Waals surface area contributed by atoms with Gasteiger partial charge in [-0.25, -0.2) is 9.37 Å². The number of amides is 1. The third-order valence-electron chi connectivity index (χ3n) is 4.94. The number of aromatic nitrogens is 2. The first-order chi connectivity index (χ1) is 14.5. The van der Waals surface area contributed by atoms with Crippen molar-refractivity contribution in [3.8, 4) is 5.69 Å². The lowest BCUT2D eigenvalue weighted by Gasteiger charge is -2.11. The molecular formula is C24H20FN3O2. The van der Waals surface area contributed by atoms with Gasteiger partial charge in [-0.3, -0.25) is 14.2 Å². The zero-order chi connectivity index (χ0) is 21.1. The standard InChI is InChI=1S/C24H20FN3O2/c1-16-27-22-5-3-2-4-21(22)24(30)28(16)20-12-8-18(9-13-20)23(29)26-15-14-17-6-10-19(25)11-7-17/h2-13H,14-15H2,1H3,(H,26,29). The Kier molecular flexibility index (Phi) is 5.39. The van der Waals surface area contributed by atoms with Crippen molar-refractivity contribution in [1.29, 1.82) is 0 Å². The number of benzene rings is 3. The van der Waals surface area contributed by atoms with Gasteiger partial charge in [-0.1, -0.05) is 24.3 Å². The molecule has 0 bridgehead atoms. The molecule has 0 atom stereocenters. The van der Waals surface area contributed by atoms with Crippen molar-refractivity contribution in [3.05, 3.63) is 106 Å². The summed E-state index contributed by atoms with van der Waals surface area (Å²) in [6, 6.07) is 20.3. The van der Waals surface area contributed by atoms with Gasteiger partial charge in [0.15, 0.2) is 0 Å². The molecule has 0 spiro atoms. The number of carbonyl (C=O) groups is 1. The van der Waals surface area contributed by atoms with Crippen molar-refractivity contribution in [3.63, 3.8) is 0 Å². The van der Waals surface area contributed by atoms with Gasteiger partial charge in [-0.05, 0) is 67.4 Å². The van der Waals surface area contributed by atoms with Crippen LogP contribution in [0.2, 0.25) is 0 Å². The van der Waals surface area contributed by atoms with Crippen LogP contribution in [0.15, 0.2) is 77.6 Å². The van der Waals surface area contributed by atoms with E-state index >= 15 is 0 Å². The molecule has 0 fully saturated rings. The summed E-state index contributed by atoms with van der Waals surface area (Å²) in [4.78, 5) is 29.8. The number of carbonyl (C=O) groups excluding carboxylic acids is 1. The van der Waals surface area contributed by atoms with Crippen LogP contribution in [-0.4, -0.2) is 22.0 Å². The molecule has 4 rings (SSSR count). The molecule has 1 aromatic heterocycles. The molecule has 5 nitrogen and oxygen atoms in total. The molecule has 0 saturated heterocycles. The Balaban J connectivity index is 1.49. The number of aryl methyl sites for hydroxylation is 1. The third kappa shape index (κ3) is 3.98. The molecule has 4 aromatic rings. The molecule has 0 aliphatic heterocycles. The summed E-state index contributed by atoms with van der Waals surface area (Å²) >= 11 is 0. The van der Waals surface area contributed by atoms with E-state index in [9.17, 15) is 14.0 Å². The first kappa shape index (κ1) is 19.5. The van der Waals surface area contributed by atoms with Gasteiger partial charge < -0.3 is 5.32 Å². The van der Waals surface area contributed by atoms with Crippen molar-refractivity contribution in [2.45, 2.75) is 13.3 Å². The zero-order valence-corrected chi connectivity index (χ0v) is 16.4. The Morgan fingerprint density at radius 1 is 1.00 bits per heavy atom. The van der Waals surface area contributed by atoms with Gasteiger partial charge in [0.1, 0.15) is 11.6 Å². The minimum Gasteiger partial charge on any atom is -0.352 e. The summed E-state index contributed by atoms with van der Waals surface area (Å²) in [5, 5.41) is 3.40. The predicted octanol–water partition coefficient (Wildman–Crippen LogP) is 3.81. The average molecular weight is 401 g/mol. The van der Waals surface area contributed by atoms with Crippen molar-refractivity contribution in [1.82, 2.24) is 14.9 Å². The van der Waals surface area contributed by atoms with Crippen LogP contribution < -0.4 is 10.9 Å². The molecule has 0 aliphatic rings. The fraction of sp³-hybridized carbons (Fsp3) is 0.125. The van der Waals surface area contributed by atoms with E-state index in [0.717, 1.165) is 5.56 Å². The predicted molar refractivity (Wildman–Crippen MR) is 115 cm³/mol. The monoisotopic (exact) mass is 401 g/mol. The lowest BCUT2D eigenvalue weighted by atomic mass is 10.1. The smallest absolute Gasteiger partial charge is 0.265 e. The normalized spacial score (nSPS) is 10.9. The van der Waals surface area contributed by atoms with E-state index < -0.39 is 0 Å². The van der Waals surface area contributed by atoms with Crippen molar-refractivity contribution in [2.75, 3.05) is 6.54 Å². The Morgan fingerprint density at radius 3 is 2.43 bits per heavy atom. The Bertz CT molecular complexity index is 1260. The highest BCUT2D eigenvalue weighted by atomic mass is 19.1. The molecule has 6 heteroatoms. The second-order valence-corrected chi connectivity index (χ2v) is 7.00. The average Bonchev–Trinajstić information content (AvgIpc) is 2.75. The first-order valence-corrected chi connectivity index (χ1v) is 9.64. The summed E-state index contributed by atoms with van der Waals surface area (Å²) in [7, 11) is 0. The first-order valence-electron chi connectivity index (χ1n) is 9.64. The number of rotatable bonds is 5. The Morgan fingerprint density at radius 2 is 1.70 bits per heavy atom. The van der Waals surface area contributed by atoms with Crippen LogP contribution >= 0.6 is 0 Å². The molecule has 30 heavy (non-hydrogen) atoms. The van der Waals surface area contributed by atoms with Gasteiger partial charge in [0, 0.05) is 12.1 Å². The number of halogens is 1. The number of hydrogen-bond acceptors (Lipinski definition) is 3. The maximum absolute atomic E-state index is 12.9. The summed E-state index contributed by atoms with van der Waals surface area (Å²) < 4.78 is 14.5. The fourth-order valence-electron chi connectivity index (χ4n) is 3.38. The van der Waals surface area contributed by atoms with E-state index in [1.165, 1.54) is 12.1 Å². The second-order valence-electron chi connectivity index (χ2n) is 7.00. The quantitative estimate of drug-likeness (QED) is 0.553. The van der Waals surface area contributed by atoms with Crippen molar-refractivity contribution in [2.24, 2.45) is 0 Å². The number of nitrogens with zero attached hydrogens (tertiary/aromatic N) is 2. The van der Waals surface area contributed by atoms with Gasteiger partial charge in [-0.2, -0.15) is 0 Å². The lowest BCUT2D eigenvalue weighted by molar-refractivity contribution is 0.0954. The Labute approximate surface area is 172 Å². The SMILES string of the molecule is Cc1nc2ccccc2c(=O)n1-c1ccc(C(=O)NCCc2ccc(F)cc2)cc1. The highest BCUT2D eigenvalue weighted by Gasteiger charge is 2.11. The molecule has 150 valence electrons. The maximum atomic E-state index is 12.9. The summed E-state index contributed by atoms with van der Waals surface area (Å²) in [5.41, 5.74) is 2.62. The van der Waals surface area contributed by atoms with Crippen LogP contribution in [0.5, 0.6) is 0 Å². The molecule has 1 N–H and O–H groups in total. The van der Waals surface area contributed by atoms with Gasteiger partial charge in [0.25, 0.3) is 11.5 Å². The van der Waals surface area contributed by atoms with Gasteiger partial charge in [0.2, 0.25) is 0 Å². The third-order valence-corrected chi connectivity index (χ3v) is 4.94. The zero-order valence-electron chi connectivity index (χ0n) is 16.4. The number of fused-ring (bicyclic) bond motifs is 1. The molecule has 0 radical (unpaired) electrons. The van der Waals surface area contributed by atoms with Gasteiger partial charge in [-0.15, -0.1) is 0 Å². The summed E-state index contributed by atoms with van der Waals surface area (Å²) in [5.74, 6) is 0.0957. The Hall–Kier alpha value is -3.80. The minimum atomic E-state index is -0.279. The van der Waals surface area contributed by atoms with E-state index in [2.05, 4.69) is 10.3 Å². The maximum Gasteiger partial charge on any atom is 0.265 e. The van der Waals surface area contributed by atoms with Crippen LogP contribution in [0.3, 0.4) is 0 Å². The second kappa shape index (κ2) is 8.29. The highest BCUT2D eigenvalue weighted by molar-refractivity contribution is 5.94. The number of hydrogen-bond donors (Lipinski definition) is 1. The minimum absolute atomic E-state index is 0.144. The molecule has 1 heterocycles. The van der Waals surface area contributed by atoms with E-state index in [-0.39, 0.29) is 17.3 Å². The lowest BCUT2D eigenvalue weighted by Crippen LogP contribution is -2.26. The molecule has 3 aromatic carbocycles. The van der Waals surface area contributed by atoms with Crippen LogP contribution in [-0.2, 0) is 6.42 Å². The fourth-order valence-corrected chi connectivity index (χ4v) is 3.38. The molecule has 0 unspecified atom stereocenters.